The largest absolute Gasteiger partial charge is 0.387 e. The lowest BCUT2D eigenvalue weighted by atomic mass is 10.1. The molecule has 11 heteroatoms. The van der Waals surface area contributed by atoms with Crippen LogP contribution in [0.2, 0.25) is 0 Å². The Balaban J connectivity index is 1.75. The number of non-ortho nitro benzene ring substituents is 1. The van der Waals surface area contributed by atoms with Crippen LogP contribution in [0.3, 0.4) is 0 Å². The molecule has 0 saturated carbocycles. The van der Waals surface area contributed by atoms with Gasteiger partial charge in [-0.1, -0.05) is 15.9 Å². The highest BCUT2D eigenvalue weighted by Gasteiger charge is 2.31. The van der Waals surface area contributed by atoms with E-state index in [0.717, 1.165) is 4.47 Å². The van der Waals surface area contributed by atoms with E-state index in [1.807, 2.05) is 0 Å². The third kappa shape index (κ3) is 4.41. The lowest BCUT2D eigenvalue weighted by molar-refractivity contribution is -0.384. The Morgan fingerprint density at radius 3 is 2.28 bits per heavy atom. The molecule has 1 aliphatic heterocycles. The number of piperazine rings is 1. The standard InChI is InChI=1S/C18H19BrN4O5S/c1-20-17-7-4-14(23(25)26)12-16(17)18(24)21-8-10-22(11-9-21)29(27,28)15-5-2-13(19)3-6-15/h2-7,12,20H,8-11H2,1H3. The monoisotopic (exact) mass is 482 g/mol. The maximum absolute atomic E-state index is 12.9. The molecule has 0 bridgehead atoms. The second-order valence-corrected chi connectivity index (χ2v) is 9.24. The average molecular weight is 483 g/mol. The van der Waals surface area contributed by atoms with Gasteiger partial charge in [-0.25, -0.2) is 8.42 Å². The van der Waals surface area contributed by atoms with Crippen LogP contribution in [-0.4, -0.2) is 61.7 Å². The molecule has 0 radical (unpaired) electrons. The van der Waals surface area contributed by atoms with Gasteiger partial charge in [0.25, 0.3) is 11.6 Å². The zero-order valence-corrected chi connectivity index (χ0v) is 17.9. The second kappa shape index (κ2) is 8.47. The van der Waals surface area contributed by atoms with Crippen LogP contribution in [0.1, 0.15) is 10.4 Å². The molecule has 9 nitrogen and oxygen atoms in total. The Morgan fingerprint density at radius 2 is 1.72 bits per heavy atom. The Kier molecular flexibility index (Phi) is 6.20. The van der Waals surface area contributed by atoms with Gasteiger partial charge in [0, 0.05) is 55.5 Å². The van der Waals surface area contributed by atoms with E-state index in [1.165, 1.54) is 39.5 Å². The number of nitro benzene ring substituents is 1. The molecule has 0 spiro atoms. The third-order valence-electron chi connectivity index (χ3n) is 4.69. The normalized spacial score (nSPS) is 15.2. The molecule has 1 amide bonds. The molecule has 1 N–H and O–H groups in total. The minimum atomic E-state index is -3.65. The smallest absolute Gasteiger partial charge is 0.270 e. The quantitative estimate of drug-likeness (QED) is 0.517. The lowest BCUT2D eigenvalue weighted by Crippen LogP contribution is -2.50. The van der Waals surface area contributed by atoms with E-state index in [-0.39, 0.29) is 48.2 Å². The summed E-state index contributed by atoms with van der Waals surface area (Å²) < 4.78 is 27.7. The predicted octanol–water partition coefficient (Wildman–Crippen LogP) is 2.55. The van der Waals surface area contributed by atoms with Crippen LogP contribution < -0.4 is 5.32 Å². The molecule has 0 aliphatic carbocycles. The van der Waals surface area contributed by atoms with Gasteiger partial charge in [-0.15, -0.1) is 0 Å². The van der Waals surface area contributed by atoms with E-state index in [0.29, 0.717) is 5.69 Å². The van der Waals surface area contributed by atoms with Gasteiger partial charge in [0.05, 0.1) is 15.4 Å². The van der Waals surface area contributed by atoms with E-state index < -0.39 is 14.9 Å². The number of sulfonamides is 1. The number of hydrogen-bond donors (Lipinski definition) is 1. The molecule has 0 aromatic heterocycles. The van der Waals surface area contributed by atoms with Crippen LogP contribution in [0.5, 0.6) is 0 Å². The number of anilines is 1. The van der Waals surface area contributed by atoms with Crippen molar-refractivity contribution in [3.8, 4) is 0 Å². The number of nitro groups is 1. The molecule has 29 heavy (non-hydrogen) atoms. The van der Waals surface area contributed by atoms with Crippen LogP contribution in [0, 0.1) is 10.1 Å². The molecule has 1 aliphatic rings. The topological polar surface area (TPSA) is 113 Å². The zero-order chi connectivity index (χ0) is 21.2. The highest BCUT2D eigenvalue weighted by atomic mass is 79.9. The van der Waals surface area contributed by atoms with E-state index in [4.69, 9.17) is 0 Å². The first-order valence-corrected chi connectivity index (χ1v) is 11.0. The maximum Gasteiger partial charge on any atom is 0.270 e. The second-order valence-electron chi connectivity index (χ2n) is 6.39. The van der Waals surface area contributed by atoms with Crippen molar-refractivity contribution in [1.82, 2.24) is 9.21 Å². The molecular formula is C18H19BrN4O5S. The Morgan fingerprint density at radius 1 is 1.10 bits per heavy atom. The number of amides is 1. The highest BCUT2D eigenvalue weighted by Crippen LogP contribution is 2.25. The maximum atomic E-state index is 12.9. The summed E-state index contributed by atoms with van der Waals surface area (Å²) in [6, 6.07) is 10.4. The van der Waals surface area contributed by atoms with Crippen molar-refractivity contribution < 1.29 is 18.1 Å². The number of rotatable bonds is 5. The van der Waals surface area contributed by atoms with Gasteiger partial charge in [0.15, 0.2) is 0 Å². The molecule has 0 atom stereocenters. The first kappa shape index (κ1) is 21.2. The average Bonchev–Trinajstić information content (AvgIpc) is 2.73. The fourth-order valence-corrected chi connectivity index (χ4v) is 4.78. The van der Waals surface area contributed by atoms with E-state index in [9.17, 15) is 23.3 Å². The molecule has 1 saturated heterocycles. The number of benzene rings is 2. The van der Waals surface area contributed by atoms with Crippen molar-refractivity contribution in [1.29, 1.82) is 0 Å². The number of carbonyl (C=O) groups excluding carboxylic acids is 1. The number of halogens is 1. The van der Waals surface area contributed by atoms with Crippen LogP contribution in [-0.2, 0) is 10.0 Å². The van der Waals surface area contributed by atoms with Crippen LogP contribution in [0.25, 0.3) is 0 Å². The van der Waals surface area contributed by atoms with E-state index in [2.05, 4.69) is 21.2 Å². The van der Waals surface area contributed by atoms with Crippen LogP contribution in [0.4, 0.5) is 11.4 Å². The van der Waals surface area contributed by atoms with Crippen molar-refractivity contribution in [2.75, 3.05) is 38.5 Å². The van der Waals surface area contributed by atoms with Gasteiger partial charge in [0.1, 0.15) is 0 Å². The van der Waals surface area contributed by atoms with Gasteiger partial charge in [-0.05, 0) is 30.3 Å². The molecule has 0 unspecified atom stereocenters. The minimum Gasteiger partial charge on any atom is -0.387 e. The first-order valence-electron chi connectivity index (χ1n) is 8.75. The molecule has 3 rings (SSSR count). The minimum absolute atomic E-state index is 0.147. The van der Waals surface area contributed by atoms with Gasteiger partial charge >= 0.3 is 0 Å². The van der Waals surface area contributed by atoms with E-state index >= 15 is 0 Å². The summed E-state index contributed by atoms with van der Waals surface area (Å²) in [5.74, 6) is -0.376. The number of hydrogen-bond acceptors (Lipinski definition) is 6. The van der Waals surface area contributed by atoms with Crippen LogP contribution >= 0.6 is 15.9 Å². The molecule has 2 aromatic rings. The molecule has 1 fully saturated rings. The van der Waals surface area contributed by atoms with Crippen molar-refractivity contribution in [2.24, 2.45) is 0 Å². The number of carbonyl (C=O) groups is 1. The number of nitrogens with zero attached hydrogens (tertiary/aromatic N) is 3. The van der Waals surface area contributed by atoms with Gasteiger partial charge < -0.3 is 10.2 Å². The van der Waals surface area contributed by atoms with Gasteiger partial charge in [0.2, 0.25) is 10.0 Å². The van der Waals surface area contributed by atoms with Crippen molar-refractivity contribution in [3.63, 3.8) is 0 Å². The summed E-state index contributed by atoms with van der Waals surface area (Å²) in [4.78, 5) is 25.1. The summed E-state index contributed by atoms with van der Waals surface area (Å²) in [5, 5.41) is 13.9. The van der Waals surface area contributed by atoms with Crippen molar-refractivity contribution >= 4 is 43.2 Å². The Hall–Kier alpha value is -2.50. The fraction of sp³-hybridized carbons (Fsp3) is 0.278. The molecule has 154 valence electrons. The number of nitrogens with one attached hydrogen (secondary N) is 1. The predicted molar refractivity (Wildman–Crippen MR) is 111 cm³/mol. The highest BCUT2D eigenvalue weighted by molar-refractivity contribution is 9.10. The summed E-state index contributed by atoms with van der Waals surface area (Å²) in [5.41, 5.74) is 0.486. The van der Waals surface area contributed by atoms with Crippen LogP contribution in [0.15, 0.2) is 51.8 Å². The summed E-state index contributed by atoms with van der Waals surface area (Å²) >= 11 is 3.28. The summed E-state index contributed by atoms with van der Waals surface area (Å²) in [6.45, 7) is 0.683. The summed E-state index contributed by atoms with van der Waals surface area (Å²) in [7, 11) is -2.02. The zero-order valence-electron chi connectivity index (χ0n) is 15.5. The summed E-state index contributed by atoms with van der Waals surface area (Å²) in [6.07, 6.45) is 0. The Labute approximate surface area is 176 Å². The lowest BCUT2D eigenvalue weighted by Gasteiger charge is -2.34. The molecule has 2 aromatic carbocycles. The SMILES string of the molecule is CNc1ccc([N+](=O)[O-])cc1C(=O)N1CCN(S(=O)(=O)c2ccc(Br)cc2)CC1. The Bertz CT molecular complexity index is 1030. The van der Waals surface area contributed by atoms with E-state index in [1.54, 1.807) is 19.2 Å². The van der Waals surface area contributed by atoms with Crippen molar-refractivity contribution in [3.05, 3.63) is 62.6 Å². The first-order chi connectivity index (χ1) is 13.7. The third-order valence-corrected chi connectivity index (χ3v) is 7.13. The fourth-order valence-electron chi connectivity index (χ4n) is 3.10. The van der Waals surface area contributed by atoms with Crippen molar-refractivity contribution in [2.45, 2.75) is 4.90 Å². The molecule has 1 heterocycles. The van der Waals surface area contributed by atoms with Gasteiger partial charge in [-0.2, -0.15) is 4.31 Å². The van der Waals surface area contributed by atoms with Gasteiger partial charge in [-0.3, -0.25) is 14.9 Å². The molecular weight excluding hydrogens is 464 g/mol.